The average molecular weight is 514 g/mol. The average Bonchev–Trinajstić information content (AvgIpc) is 2.77. The van der Waals surface area contributed by atoms with Gasteiger partial charge in [0.1, 0.15) is 42.9 Å². The van der Waals surface area contributed by atoms with Gasteiger partial charge in [-0.1, -0.05) is 0 Å². The molecule has 0 radical (unpaired) electrons. The summed E-state index contributed by atoms with van der Waals surface area (Å²) in [6, 6.07) is 4.60. The second-order valence-corrected chi connectivity index (χ2v) is 10.4. The molecule has 2 N–H and O–H groups in total. The van der Waals surface area contributed by atoms with Gasteiger partial charge in [-0.15, -0.1) is 0 Å². The van der Waals surface area contributed by atoms with Gasteiger partial charge in [0.05, 0.1) is 28.3 Å². The van der Waals surface area contributed by atoms with E-state index in [1.807, 2.05) is 0 Å². The topological polar surface area (TPSA) is 106 Å². The predicted molar refractivity (Wildman–Crippen MR) is 125 cm³/mol. The molecule has 2 aromatic carbocycles. The van der Waals surface area contributed by atoms with Gasteiger partial charge in [-0.05, 0) is 25.1 Å². The SMILES string of the molecule is C[C@@H](Oc1cc(F)ccc1Nc1ncnc2cc(N=S(C)(C)=O)cc(F)c12)C(=O)NC(CF)CF. The second kappa shape index (κ2) is 10.8. The molecule has 1 atom stereocenters. The van der Waals surface area contributed by atoms with Crippen LogP contribution in [-0.2, 0) is 14.5 Å². The van der Waals surface area contributed by atoms with Crippen LogP contribution in [0.3, 0.4) is 0 Å². The van der Waals surface area contributed by atoms with Crippen molar-refractivity contribution in [3.05, 3.63) is 48.3 Å². The number of anilines is 2. The van der Waals surface area contributed by atoms with Gasteiger partial charge in [-0.3, -0.25) is 4.79 Å². The number of hydrogen-bond donors (Lipinski definition) is 2. The van der Waals surface area contributed by atoms with Crippen molar-refractivity contribution in [3.8, 4) is 5.75 Å². The Morgan fingerprint density at radius 3 is 2.51 bits per heavy atom. The molecule has 35 heavy (non-hydrogen) atoms. The molecule has 3 aromatic rings. The summed E-state index contributed by atoms with van der Waals surface area (Å²) in [6.07, 6.45) is 2.75. The summed E-state index contributed by atoms with van der Waals surface area (Å²) in [6.45, 7) is -0.880. The normalized spacial score (nSPS) is 12.5. The zero-order valence-corrected chi connectivity index (χ0v) is 19.8. The third kappa shape index (κ3) is 6.78. The standard InChI is InChI=1S/C22H23F4N5O3S/c1-12(22(32)29-15(9-23)10-24)34-19-6-13(25)4-5-17(19)30-21-20-16(26)7-14(31-35(2,3)33)8-18(20)27-11-28-21/h4-8,11-12,15H,9-10H2,1-3H3,(H,29,32)(H,27,28,30)/t12-/m1/s1. The van der Waals surface area contributed by atoms with E-state index < -0.39 is 52.8 Å². The highest BCUT2D eigenvalue weighted by Gasteiger charge is 2.21. The number of benzene rings is 2. The lowest BCUT2D eigenvalue weighted by atomic mass is 10.2. The van der Waals surface area contributed by atoms with Crippen molar-refractivity contribution in [1.29, 1.82) is 0 Å². The lowest BCUT2D eigenvalue weighted by Crippen LogP contribution is -2.44. The van der Waals surface area contributed by atoms with Gasteiger partial charge in [-0.2, -0.15) is 4.36 Å². The van der Waals surface area contributed by atoms with E-state index in [0.717, 1.165) is 24.5 Å². The Labute approximate surface area is 199 Å². The maximum Gasteiger partial charge on any atom is 0.261 e. The van der Waals surface area contributed by atoms with Crippen molar-refractivity contribution < 1.29 is 31.3 Å². The first-order valence-electron chi connectivity index (χ1n) is 10.3. The lowest BCUT2D eigenvalue weighted by Gasteiger charge is -2.20. The number of aromatic nitrogens is 2. The Balaban J connectivity index is 1.94. The summed E-state index contributed by atoms with van der Waals surface area (Å²) in [5.74, 6) is -2.35. The maximum atomic E-state index is 15.0. The summed E-state index contributed by atoms with van der Waals surface area (Å²) in [4.78, 5) is 20.3. The number of nitrogens with zero attached hydrogens (tertiary/aromatic N) is 3. The maximum absolute atomic E-state index is 15.0. The second-order valence-electron chi connectivity index (χ2n) is 7.86. The number of halogens is 4. The highest BCUT2D eigenvalue weighted by molar-refractivity contribution is 7.92. The molecule has 0 unspecified atom stereocenters. The number of carbonyl (C=O) groups excluding carboxylic acids is 1. The predicted octanol–water partition coefficient (Wildman–Crippen LogP) is 4.20. The van der Waals surface area contributed by atoms with Gasteiger partial charge in [0.25, 0.3) is 5.91 Å². The van der Waals surface area contributed by atoms with Gasteiger partial charge in [0, 0.05) is 34.4 Å². The molecule has 0 fully saturated rings. The molecule has 0 saturated heterocycles. The fourth-order valence-electron chi connectivity index (χ4n) is 3.03. The smallest absolute Gasteiger partial charge is 0.261 e. The Morgan fingerprint density at radius 2 is 1.86 bits per heavy atom. The third-order valence-corrected chi connectivity index (χ3v) is 5.24. The Bertz CT molecular complexity index is 1350. The van der Waals surface area contributed by atoms with E-state index >= 15 is 0 Å². The molecule has 13 heteroatoms. The highest BCUT2D eigenvalue weighted by atomic mass is 32.2. The number of ether oxygens (including phenoxy) is 1. The quantitative estimate of drug-likeness (QED) is 0.416. The van der Waals surface area contributed by atoms with Crippen LogP contribution in [0.15, 0.2) is 41.0 Å². The molecular formula is C22H23F4N5O3S. The van der Waals surface area contributed by atoms with Crippen LogP contribution in [0.5, 0.6) is 5.75 Å². The van der Waals surface area contributed by atoms with Crippen molar-refractivity contribution >= 4 is 43.7 Å². The van der Waals surface area contributed by atoms with E-state index in [2.05, 4.69) is 25.0 Å². The third-order valence-electron chi connectivity index (χ3n) is 4.59. The first-order chi connectivity index (χ1) is 16.5. The van der Waals surface area contributed by atoms with Crippen LogP contribution in [0.4, 0.5) is 34.8 Å². The van der Waals surface area contributed by atoms with Crippen LogP contribution in [0.25, 0.3) is 10.9 Å². The molecule has 1 amide bonds. The number of carbonyl (C=O) groups is 1. The zero-order chi connectivity index (χ0) is 25.8. The van der Waals surface area contributed by atoms with E-state index in [1.54, 1.807) is 0 Å². The summed E-state index contributed by atoms with van der Waals surface area (Å²) in [5, 5.41) is 4.97. The van der Waals surface area contributed by atoms with E-state index in [0.29, 0.717) is 0 Å². The van der Waals surface area contributed by atoms with Gasteiger partial charge in [0.2, 0.25) is 0 Å². The molecule has 0 saturated carbocycles. The molecule has 0 aliphatic rings. The van der Waals surface area contributed by atoms with Crippen LogP contribution in [0, 0.1) is 11.6 Å². The number of alkyl halides is 2. The summed E-state index contributed by atoms with van der Waals surface area (Å²) in [7, 11) is -2.54. The highest BCUT2D eigenvalue weighted by Crippen LogP contribution is 2.33. The van der Waals surface area contributed by atoms with Crippen LogP contribution in [0.1, 0.15) is 6.92 Å². The van der Waals surface area contributed by atoms with Crippen LogP contribution in [-0.4, -0.2) is 58.1 Å². The summed E-state index contributed by atoms with van der Waals surface area (Å²) < 4.78 is 75.8. The van der Waals surface area contributed by atoms with Crippen LogP contribution >= 0.6 is 0 Å². The minimum Gasteiger partial charge on any atom is -0.479 e. The van der Waals surface area contributed by atoms with E-state index in [-0.39, 0.29) is 33.8 Å². The van der Waals surface area contributed by atoms with Gasteiger partial charge < -0.3 is 15.4 Å². The number of hydrogen-bond acceptors (Lipinski definition) is 7. The molecule has 3 rings (SSSR count). The van der Waals surface area contributed by atoms with Gasteiger partial charge >= 0.3 is 0 Å². The fraction of sp³-hybridized carbons (Fsp3) is 0.318. The van der Waals surface area contributed by atoms with E-state index in [4.69, 9.17) is 4.74 Å². The molecule has 8 nitrogen and oxygen atoms in total. The minimum atomic E-state index is -2.54. The van der Waals surface area contributed by atoms with Crippen molar-refractivity contribution in [1.82, 2.24) is 15.3 Å². The van der Waals surface area contributed by atoms with Gasteiger partial charge in [-0.25, -0.2) is 31.7 Å². The fourth-order valence-corrected chi connectivity index (χ4v) is 3.65. The summed E-state index contributed by atoms with van der Waals surface area (Å²) in [5.41, 5.74) is 0.447. The minimum absolute atomic E-state index is 0.0104. The lowest BCUT2D eigenvalue weighted by molar-refractivity contribution is -0.128. The van der Waals surface area contributed by atoms with Crippen molar-refractivity contribution in [2.75, 3.05) is 31.2 Å². The first-order valence-corrected chi connectivity index (χ1v) is 12.6. The zero-order valence-electron chi connectivity index (χ0n) is 19.0. The molecule has 0 aliphatic heterocycles. The largest absolute Gasteiger partial charge is 0.479 e. The molecule has 1 heterocycles. The summed E-state index contributed by atoms with van der Waals surface area (Å²) >= 11 is 0. The number of nitrogens with one attached hydrogen (secondary N) is 2. The van der Waals surface area contributed by atoms with Crippen molar-refractivity contribution in [2.45, 2.75) is 19.1 Å². The molecular weight excluding hydrogens is 490 g/mol. The van der Waals surface area contributed by atoms with Gasteiger partial charge in [0.15, 0.2) is 6.10 Å². The number of fused-ring (bicyclic) bond motifs is 1. The Morgan fingerprint density at radius 1 is 1.14 bits per heavy atom. The molecule has 0 bridgehead atoms. The molecule has 0 aliphatic carbocycles. The van der Waals surface area contributed by atoms with Crippen LogP contribution in [0.2, 0.25) is 0 Å². The van der Waals surface area contributed by atoms with Crippen molar-refractivity contribution in [3.63, 3.8) is 0 Å². The van der Waals surface area contributed by atoms with E-state index in [9.17, 15) is 26.6 Å². The van der Waals surface area contributed by atoms with Crippen molar-refractivity contribution in [2.24, 2.45) is 4.36 Å². The number of rotatable bonds is 9. The molecule has 188 valence electrons. The molecule has 0 spiro atoms. The van der Waals surface area contributed by atoms with E-state index in [1.165, 1.54) is 31.6 Å². The Hall–Kier alpha value is -3.48. The molecule has 1 aromatic heterocycles. The van der Waals surface area contributed by atoms with Crippen LogP contribution < -0.4 is 15.4 Å². The monoisotopic (exact) mass is 513 g/mol. The number of amides is 1. The first kappa shape index (κ1) is 26.1. The Kier molecular flexibility index (Phi) is 8.10.